The van der Waals surface area contributed by atoms with E-state index in [0.29, 0.717) is 31.2 Å². The first-order chi connectivity index (χ1) is 16.0. The average molecular weight is 473 g/mol. The molecule has 1 amide bonds. The number of hydrogen-bond acceptors (Lipinski definition) is 6. The van der Waals surface area contributed by atoms with Crippen molar-refractivity contribution < 1.29 is 9.18 Å². The fraction of sp³-hybridized carbons (Fsp3) is 0.500. The third-order valence-corrected chi connectivity index (χ3v) is 7.69. The molecular weight excluding hydrogens is 447 g/mol. The van der Waals surface area contributed by atoms with Crippen LogP contribution in [0.25, 0.3) is 11.0 Å². The molecule has 2 fully saturated rings. The number of rotatable bonds is 4. The fourth-order valence-corrected chi connectivity index (χ4v) is 6.00. The molecule has 174 valence electrons. The Morgan fingerprint density at radius 2 is 1.79 bits per heavy atom. The summed E-state index contributed by atoms with van der Waals surface area (Å²) in [4.78, 5) is 43.4. The second-order valence-corrected chi connectivity index (χ2v) is 9.89. The summed E-state index contributed by atoms with van der Waals surface area (Å²) < 4.78 is 16.9. The smallest absolute Gasteiger partial charge is 0.333 e. The highest BCUT2D eigenvalue weighted by Gasteiger charge is 2.29. The van der Waals surface area contributed by atoms with Gasteiger partial charge in [0.1, 0.15) is 11.5 Å². The molecule has 11 heteroatoms. The number of aromatic amines is 1. The maximum Gasteiger partial charge on any atom is 0.333 e. The molecule has 0 aromatic carbocycles. The Kier molecular flexibility index (Phi) is 6.05. The number of halogens is 1. The van der Waals surface area contributed by atoms with Crippen LogP contribution in [0.15, 0.2) is 34.2 Å². The van der Waals surface area contributed by atoms with Crippen molar-refractivity contribution in [2.45, 2.75) is 56.7 Å². The minimum Gasteiger partial charge on any atom is -0.349 e. The number of nitrogens with one attached hydrogen (secondary N) is 2. The molecule has 2 aliphatic rings. The molecule has 0 atom stereocenters. The molecule has 1 saturated heterocycles. The zero-order valence-corrected chi connectivity index (χ0v) is 18.8. The number of fused-ring (bicyclic) bond motifs is 1. The third kappa shape index (κ3) is 4.21. The lowest BCUT2D eigenvalue weighted by atomic mass is 9.90. The second kappa shape index (κ2) is 9.12. The number of amides is 1. The summed E-state index contributed by atoms with van der Waals surface area (Å²) in [5.74, 6) is 1.07. The third-order valence-electron chi connectivity index (χ3n) is 6.64. The van der Waals surface area contributed by atoms with Crippen LogP contribution in [0.1, 0.15) is 61.0 Å². The average Bonchev–Trinajstić information content (AvgIpc) is 3.37. The van der Waals surface area contributed by atoms with Gasteiger partial charge in [0.2, 0.25) is 0 Å². The highest BCUT2D eigenvalue weighted by atomic mass is 32.2. The Morgan fingerprint density at radius 3 is 2.48 bits per heavy atom. The normalized spacial score (nSPS) is 21.8. The first-order valence-electron chi connectivity index (χ1n) is 11.2. The Labute approximate surface area is 192 Å². The summed E-state index contributed by atoms with van der Waals surface area (Å²) in [6.07, 6.45) is 8.10. The molecule has 5 rings (SSSR count). The van der Waals surface area contributed by atoms with Crippen LogP contribution < -0.4 is 16.6 Å². The number of H-pyrrole nitrogens is 1. The van der Waals surface area contributed by atoms with Crippen molar-refractivity contribution in [1.82, 2.24) is 29.6 Å². The summed E-state index contributed by atoms with van der Waals surface area (Å²) in [6.45, 7) is 0. The molecule has 1 aliphatic heterocycles. The highest BCUT2D eigenvalue weighted by molar-refractivity contribution is 7.99. The summed E-state index contributed by atoms with van der Waals surface area (Å²) in [5, 5.41) is 9.54. The lowest BCUT2D eigenvalue weighted by Crippen LogP contribution is -2.46. The lowest BCUT2D eigenvalue weighted by molar-refractivity contribution is 0.0922. The van der Waals surface area contributed by atoms with Crippen LogP contribution in [0.4, 0.5) is 4.39 Å². The van der Waals surface area contributed by atoms with Crippen LogP contribution in [-0.4, -0.2) is 47.8 Å². The molecule has 0 bridgehead atoms. The van der Waals surface area contributed by atoms with Gasteiger partial charge in [-0.15, -0.1) is 0 Å². The molecule has 33 heavy (non-hydrogen) atoms. The standard InChI is InChI=1S/C22H25FN6O3S/c23-14-9-18-19(24-12-14)28(17-5-7-33-8-6-17)22(32)29(21(18)31)16-3-1-15(2-4-16)27-20(30)13-10-25-26-11-13/h9-12,15-17H,1-8H2,(H,25,26)(H,27,30)/t15-,16+. The molecular formula is C22H25FN6O3S. The number of nitrogens with zero attached hydrogens (tertiary/aromatic N) is 4. The lowest BCUT2D eigenvalue weighted by Gasteiger charge is -2.31. The predicted molar refractivity (Wildman–Crippen MR) is 123 cm³/mol. The van der Waals surface area contributed by atoms with E-state index in [2.05, 4.69) is 20.5 Å². The Morgan fingerprint density at radius 1 is 1.06 bits per heavy atom. The number of carbonyl (C=O) groups excluding carboxylic acids is 1. The molecule has 1 aliphatic carbocycles. The molecule has 2 N–H and O–H groups in total. The second-order valence-electron chi connectivity index (χ2n) is 8.66. The molecule has 4 heterocycles. The largest absolute Gasteiger partial charge is 0.349 e. The van der Waals surface area contributed by atoms with Crippen LogP contribution in [-0.2, 0) is 0 Å². The predicted octanol–water partition coefficient (Wildman–Crippen LogP) is 2.40. The fourth-order valence-electron chi connectivity index (χ4n) is 4.92. The Bertz CT molecular complexity index is 1270. The van der Waals surface area contributed by atoms with E-state index in [1.54, 1.807) is 4.57 Å². The van der Waals surface area contributed by atoms with E-state index in [1.165, 1.54) is 23.0 Å². The van der Waals surface area contributed by atoms with Gasteiger partial charge in [0.05, 0.1) is 23.3 Å². The zero-order valence-electron chi connectivity index (χ0n) is 18.0. The minimum atomic E-state index is -0.596. The molecule has 3 aromatic rings. The quantitative estimate of drug-likeness (QED) is 0.603. The first-order valence-corrected chi connectivity index (χ1v) is 12.4. The number of aromatic nitrogens is 5. The van der Waals surface area contributed by atoms with Crippen molar-refractivity contribution in [3.05, 3.63) is 56.9 Å². The van der Waals surface area contributed by atoms with Gasteiger partial charge >= 0.3 is 5.69 Å². The topological polar surface area (TPSA) is 115 Å². The van der Waals surface area contributed by atoms with E-state index in [4.69, 9.17) is 0 Å². The van der Waals surface area contributed by atoms with Crippen molar-refractivity contribution in [1.29, 1.82) is 0 Å². The van der Waals surface area contributed by atoms with Gasteiger partial charge in [-0.3, -0.25) is 23.8 Å². The van der Waals surface area contributed by atoms with E-state index in [0.717, 1.165) is 30.5 Å². The van der Waals surface area contributed by atoms with Gasteiger partial charge < -0.3 is 5.32 Å². The number of pyridine rings is 1. The van der Waals surface area contributed by atoms with Crippen LogP contribution >= 0.6 is 11.8 Å². The summed E-state index contributed by atoms with van der Waals surface area (Å²) >= 11 is 1.84. The molecule has 0 spiro atoms. The number of hydrogen-bond donors (Lipinski definition) is 2. The van der Waals surface area contributed by atoms with E-state index < -0.39 is 11.4 Å². The summed E-state index contributed by atoms with van der Waals surface area (Å²) in [5.41, 5.74) is -0.129. The van der Waals surface area contributed by atoms with Gasteiger partial charge in [0.25, 0.3) is 11.5 Å². The van der Waals surface area contributed by atoms with Crippen LogP contribution in [0.2, 0.25) is 0 Å². The SMILES string of the molecule is O=C(N[C@H]1CC[C@@H](n2c(=O)c3cc(F)cnc3n(C3CCSCC3)c2=O)CC1)c1cn[nH]c1. The van der Waals surface area contributed by atoms with Crippen molar-refractivity contribution in [3.8, 4) is 0 Å². The number of thioether (sulfide) groups is 1. The van der Waals surface area contributed by atoms with Crippen molar-refractivity contribution in [2.24, 2.45) is 0 Å². The van der Waals surface area contributed by atoms with Crippen molar-refractivity contribution >= 4 is 28.7 Å². The maximum atomic E-state index is 14.0. The van der Waals surface area contributed by atoms with Crippen LogP contribution in [0.5, 0.6) is 0 Å². The summed E-state index contributed by atoms with van der Waals surface area (Å²) in [7, 11) is 0. The number of carbonyl (C=O) groups is 1. The van der Waals surface area contributed by atoms with Gasteiger partial charge in [-0.25, -0.2) is 14.2 Å². The van der Waals surface area contributed by atoms with Gasteiger partial charge in [-0.05, 0) is 56.1 Å². The van der Waals surface area contributed by atoms with E-state index >= 15 is 0 Å². The molecule has 0 radical (unpaired) electrons. The highest BCUT2D eigenvalue weighted by Crippen LogP contribution is 2.30. The maximum absolute atomic E-state index is 14.0. The molecule has 9 nitrogen and oxygen atoms in total. The Hall–Kier alpha value is -2.95. The van der Waals surface area contributed by atoms with E-state index in [-0.39, 0.29) is 40.8 Å². The molecule has 3 aromatic heterocycles. The van der Waals surface area contributed by atoms with E-state index in [9.17, 15) is 18.8 Å². The van der Waals surface area contributed by atoms with Crippen molar-refractivity contribution in [3.63, 3.8) is 0 Å². The zero-order chi connectivity index (χ0) is 22.9. The van der Waals surface area contributed by atoms with Crippen LogP contribution in [0, 0.1) is 5.82 Å². The monoisotopic (exact) mass is 472 g/mol. The summed E-state index contributed by atoms with van der Waals surface area (Å²) in [6, 6.07) is 0.781. The van der Waals surface area contributed by atoms with Crippen LogP contribution in [0.3, 0.4) is 0 Å². The van der Waals surface area contributed by atoms with Gasteiger partial charge in [0, 0.05) is 24.3 Å². The Balaban J connectivity index is 1.45. The minimum absolute atomic E-state index is 0.0449. The van der Waals surface area contributed by atoms with Gasteiger partial charge in [-0.2, -0.15) is 16.9 Å². The van der Waals surface area contributed by atoms with E-state index in [1.807, 2.05) is 11.8 Å². The molecule has 0 unspecified atom stereocenters. The van der Waals surface area contributed by atoms with Gasteiger partial charge in [-0.1, -0.05) is 0 Å². The van der Waals surface area contributed by atoms with Gasteiger partial charge in [0.15, 0.2) is 0 Å². The van der Waals surface area contributed by atoms with Crippen molar-refractivity contribution in [2.75, 3.05) is 11.5 Å². The molecule has 1 saturated carbocycles. The first kappa shape index (κ1) is 21.9.